The lowest BCUT2D eigenvalue weighted by Crippen LogP contribution is -2.45. The highest BCUT2D eigenvalue weighted by atomic mass is 16.5. The van der Waals surface area contributed by atoms with E-state index in [4.69, 9.17) is 9.73 Å². The first-order valence-corrected chi connectivity index (χ1v) is 9.88. The molecule has 28 heavy (non-hydrogen) atoms. The van der Waals surface area contributed by atoms with Crippen LogP contribution in [0.4, 0.5) is 11.4 Å². The minimum Gasteiger partial charge on any atom is -0.496 e. The van der Waals surface area contributed by atoms with E-state index in [1.165, 1.54) is 22.0 Å². The van der Waals surface area contributed by atoms with Gasteiger partial charge in [0.1, 0.15) is 5.75 Å². The number of anilines is 1. The topological polar surface area (TPSA) is 24.8 Å². The maximum Gasteiger partial charge on any atom is 0.129 e. The monoisotopic (exact) mass is 372 g/mol. The Morgan fingerprint density at radius 3 is 2.57 bits per heavy atom. The standard InChI is InChI=1S/C25H28N2O/c1-17-15-25(2,3)27(4)23-14-24(28-5)20(13-22(17)23)16-26-21-11-10-18-8-6-7-9-19(18)12-21/h6-14,16-17H,15H2,1-5H3. The summed E-state index contributed by atoms with van der Waals surface area (Å²) in [5.41, 5.74) is 4.73. The third-order valence-electron chi connectivity index (χ3n) is 6.07. The SMILES string of the molecule is COc1cc2c(cc1C=Nc1ccc3ccccc3c1)C(C)CC(C)(C)N2C. The third kappa shape index (κ3) is 3.26. The number of nitrogens with zero attached hydrogens (tertiary/aromatic N) is 2. The fourth-order valence-corrected chi connectivity index (χ4v) is 4.29. The Kier molecular flexibility index (Phi) is 4.62. The van der Waals surface area contributed by atoms with Gasteiger partial charge in [-0.2, -0.15) is 0 Å². The summed E-state index contributed by atoms with van der Waals surface area (Å²) in [5, 5.41) is 2.43. The van der Waals surface area contributed by atoms with Gasteiger partial charge in [-0.25, -0.2) is 0 Å². The summed E-state index contributed by atoms with van der Waals surface area (Å²) in [6.45, 7) is 6.91. The second-order valence-electron chi connectivity index (χ2n) is 8.42. The van der Waals surface area contributed by atoms with E-state index in [9.17, 15) is 0 Å². The molecule has 0 aromatic heterocycles. The van der Waals surface area contributed by atoms with Crippen molar-refractivity contribution in [2.75, 3.05) is 19.1 Å². The molecular formula is C25H28N2O. The van der Waals surface area contributed by atoms with Gasteiger partial charge in [0, 0.05) is 36.1 Å². The zero-order valence-corrected chi connectivity index (χ0v) is 17.4. The van der Waals surface area contributed by atoms with Crippen LogP contribution >= 0.6 is 0 Å². The summed E-state index contributed by atoms with van der Waals surface area (Å²) in [7, 11) is 3.90. The van der Waals surface area contributed by atoms with Crippen LogP contribution < -0.4 is 9.64 Å². The van der Waals surface area contributed by atoms with Gasteiger partial charge < -0.3 is 9.64 Å². The molecule has 0 saturated heterocycles. The average molecular weight is 373 g/mol. The van der Waals surface area contributed by atoms with Crippen LogP contribution in [0.1, 0.15) is 44.2 Å². The van der Waals surface area contributed by atoms with Crippen molar-refractivity contribution >= 4 is 28.4 Å². The smallest absolute Gasteiger partial charge is 0.129 e. The number of methoxy groups -OCH3 is 1. The van der Waals surface area contributed by atoms with Crippen molar-refractivity contribution in [3.63, 3.8) is 0 Å². The summed E-state index contributed by atoms with van der Waals surface area (Å²) in [6.07, 6.45) is 3.06. The van der Waals surface area contributed by atoms with Crippen molar-refractivity contribution in [1.82, 2.24) is 0 Å². The quantitative estimate of drug-likeness (QED) is 0.503. The molecule has 1 unspecified atom stereocenters. The van der Waals surface area contributed by atoms with Gasteiger partial charge in [0.05, 0.1) is 12.8 Å². The van der Waals surface area contributed by atoms with Gasteiger partial charge in [-0.15, -0.1) is 0 Å². The molecule has 3 nitrogen and oxygen atoms in total. The molecule has 3 heteroatoms. The Hall–Kier alpha value is -2.81. The second kappa shape index (κ2) is 6.97. The molecule has 144 valence electrons. The number of benzene rings is 3. The minimum absolute atomic E-state index is 0.137. The molecule has 0 N–H and O–H groups in total. The molecule has 3 aromatic rings. The van der Waals surface area contributed by atoms with Crippen LogP contribution in [0.15, 0.2) is 59.6 Å². The first kappa shape index (κ1) is 18.5. The predicted molar refractivity (Wildman–Crippen MR) is 120 cm³/mol. The molecule has 0 fully saturated rings. The molecule has 0 saturated carbocycles. The Balaban J connectivity index is 1.73. The summed E-state index contributed by atoms with van der Waals surface area (Å²) >= 11 is 0. The number of hydrogen-bond donors (Lipinski definition) is 0. The molecule has 0 spiro atoms. The maximum absolute atomic E-state index is 5.70. The minimum atomic E-state index is 0.137. The second-order valence-corrected chi connectivity index (χ2v) is 8.42. The van der Waals surface area contributed by atoms with Gasteiger partial charge in [-0.05, 0) is 60.7 Å². The van der Waals surface area contributed by atoms with Crippen molar-refractivity contribution in [3.8, 4) is 5.75 Å². The Bertz CT molecular complexity index is 1050. The first-order chi connectivity index (χ1) is 13.4. The van der Waals surface area contributed by atoms with Gasteiger partial charge >= 0.3 is 0 Å². The normalized spacial score (nSPS) is 18.5. The zero-order chi connectivity index (χ0) is 19.9. The summed E-state index contributed by atoms with van der Waals surface area (Å²) < 4.78 is 5.70. The van der Waals surface area contributed by atoms with E-state index < -0.39 is 0 Å². The number of fused-ring (bicyclic) bond motifs is 2. The Morgan fingerprint density at radius 1 is 1.07 bits per heavy atom. The lowest BCUT2D eigenvalue weighted by Gasteiger charge is -2.45. The van der Waals surface area contributed by atoms with Crippen LogP contribution in [0, 0.1) is 0 Å². The van der Waals surface area contributed by atoms with Crippen molar-refractivity contribution < 1.29 is 4.74 Å². The number of aliphatic imine (C=N–C) groups is 1. The summed E-state index contributed by atoms with van der Waals surface area (Å²) in [4.78, 5) is 7.11. The average Bonchev–Trinajstić information content (AvgIpc) is 2.69. The van der Waals surface area contributed by atoms with Crippen LogP contribution in [0.3, 0.4) is 0 Å². The lowest BCUT2D eigenvalue weighted by atomic mass is 9.80. The van der Waals surface area contributed by atoms with E-state index in [1.807, 2.05) is 6.21 Å². The number of ether oxygens (including phenoxy) is 1. The van der Waals surface area contributed by atoms with E-state index in [2.05, 4.69) is 87.3 Å². The van der Waals surface area contributed by atoms with Gasteiger partial charge in [-0.1, -0.05) is 37.3 Å². The Labute approximate surface area is 167 Å². The van der Waals surface area contributed by atoms with E-state index in [1.54, 1.807) is 7.11 Å². The van der Waals surface area contributed by atoms with Crippen molar-refractivity contribution in [3.05, 3.63) is 65.7 Å². The molecule has 1 aliphatic rings. The van der Waals surface area contributed by atoms with Gasteiger partial charge in [-0.3, -0.25) is 4.99 Å². The largest absolute Gasteiger partial charge is 0.496 e. The van der Waals surface area contributed by atoms with Crippen LogP contribution in [0.25, 0.3) is 10.8 Å². The van der Waals surface area contributed by atoms with Crippen molar-refractivity contribution in [2.24, 2.45) is 4.99 Å². The predicted octanol–water partition coefficient (Wildman–Crippen LogP) is 6.32. The molecule has 3 aromatic carbocycles. The van der Waals surface area contributed by atoms with Gasteiger partial charge in [0.2, 0.25) is 0 Å². The molecule has 1 aliphatic heterocycles. The highest BCUT2D eigenvalue weighted by Gasteiger charge is 2.34. The molecule has 0 amide bonds. The Morgan fingerprint density at radius 2 is 1.82 bits per heavy atom. The molecule has 1 atom stereocenters. The molecular weight excluding hydrogens is 344 g/mol. The summed E-state index contributed by atoms with van der Waals surface area (Å²) in [5.74, 6) is 1.36. The van der Waals surface area contributed by atoms with E-state index in [-0.39, 0.29) is 5.54 Å². The molecule has 0 bridgehead atoms. The molecule has 0 radical (unpaired) electrons. The molecule has 0 aliphatic carbocycles. The van der Waals surface area contributed by atoms with Gasteiger partial charge in [0.25, 0.3) is 0 Å². The zero-order valence-electron chi connectivity index (χ0n) is 17.4. The summed E-state index contributed by atoms with van der Waals surface area (Å²) in [6, 6.07) is 19.1. The lowest BCUT2D eigenvalue weighted by molar-refractivity contribution is 0.389. The van der Waals surface area contributed by atoms with Gasteiger partial charge in [0.15, 0.2) is 0 Å². The number of rotatable bonds is 3. The van der Waals surface area contributed by atoms with E-state index in [0.717, 1.165) is 23.4 Å². The maximum atomic E-state index is 5.70. The highest BCUT2D eigenvalue weighted by Crippen LogP contribution is 2.44. The first-order valence-electron chi connectivity index (χ1n) is 9.88. The number of hydrogen-bond acceptors (Lipinski definition) is 3. The van der Waals surface area contributed by atoms with Crippen LogP contribution in [0.5, 0.6) is 5.75 Å². The van der Waals surface area contributed by atoms with E-state index >= 15 is 0 Å². The highest BCUT2D eigenvalue weighted by molar-refractivity contribution is 5.90. The van der Waals surface area contributed by atoms with Crippen LogP contribution in [0.2, 0.25) is 0 Å². The fourth-order valence-electron chi connectivity index (χ4n) is 4.29. The van der Waals surface area contributed by atoms with Crippen molar-refractivity contribution in [1.29, 1.82) is 0 Å². The molecule has 4 rings (SSSR count). The third-order valence-corrected chi connectivity index (χ3v) is 6.07. The molecule has 1 heterocycles. The fraction of sp³-hybridized carbons (Fsp3) is 0.320. The van der Waals surface area contributed by atoms with Crippen LogP contribution in [-0.2, 0) is 0 Å². The van der Waals surface area contributed by atoms with Crippen molar-refractivity contribution in [2.45, 2.75) is 38.6 Å². The van der Waals surface area contributed by atoms with E-state index in [0.29, 0.717) is 5.92 Å². The van der Waals surface area contributed by atoms with Crippen LogP contribution in [-0.4, -0.2) is 25.9 Å².